The quantitative estimate of drug-likeness (QED) is 0.857. The molecule has 86 valence electrons. The molecular formula is C13H19N3. The number of aryl methyl sites for hydroxylation is 1. The first-order chi connectivity index (χ1) is 7.51. The van der Waals surface area contributed by atoms with Gasteiger partial charge in [0.15, 0.2) is 0 Å². The fourth-order valence-corrected chi connectivity index (χ4v) is 1.98. The molecule has 3 heteroatoms. The summed E-state index contributed by atoms with van der Waals surface area (Å²) >= 11 is 0. The number of fused-ring (bicyclic) bond motifs is 1. The van der Waals surface area contributed by atoms with Crippen LogP contribution in [-0.2, 0) is 13.0 Å². The van der Waals surface area contributed by atoms with Gasteiger partial charge in [-0.3, -0.25) is 0 Å². The van der Waals surface area contributed by atoms with Crippen LogP contribution in [0.15, 0.2) is 24.3 Å². The molecule has 3 nitrogen and oxygen atoms in total. The first-order valence-corrected chi connectivity index (χ1v) is 5.74. The van der Waals surface area contributed by atoms with Crippen molar-refractivity contribution in [3.8, 4) is 0 Å². The van der Waals surface area contributed by atoms with Crippen molar-refractivity contribution >= 4 is 11.0 Å². The molecule has 1 aromatic carbocycles. The summed E-state index contributed by atoms with van der Waals surface area (Å²) in [4.78, 5) is 4.62. The van der Waals surface area contributed by atoms with Crippen LogP contribution < -0.4 is 5.73 Å². The van der Waals surface area contributed by atoms with Gasteiger partial charge < -0.3 is 10.3 Å². The summed E-state index contributed by atoms with van der Waals surface area (Å²) in [6.45, 7) is 7.01. The van der Waals surface area contributed by atoms with Gasteiger partial charge in [-0.05, 0) is 26.0 Å². The number of hydrogen-bond donors (Lipinski definition) is 1. The topological polar surface area (TPSA) is 43.8 Å². The summed E-state index contributed by atoms with van der Waals surface area (Å²) in [5.74, 6) is 1.11. The maximum absolute atomic E-state index is 6.09. The van der Waals surface area contributed by atoms with Crippen molar-refractivity contribution in [1.82, 2.24) is 9.55 Å². The third-order valence-corrected chi connectivity index (χ3v) is 2.62. The van der Waals surface area contributed by atoms with Crippen LogP contribution in [0.4, 0.5) is 0 Å². The summed E-state index contributed by atoms with van der Waals surface area (Å²) < 4.78 is 2.23. The first-order valence-electron chi connectivity index (χ1n) is 5.74. The summed E-state index contributed by atoms with van der Waals surface area (Å²) in [5.41, 5.74) is 8.12. The molecule has 2 aromatic rings. The summed E-state index contributed by atoms with van der Waals surface area (Å²) in [5, 5.41) is 0. The van der Waals surface area contributed by atoms with Crippen LogP contribution in [0.1, 0.15) is 26.6 Å². The molecule has 2 N–H and O–H groups in total. The van der Waals surface area contributed by atoms with E-state index in [0.717, 1.165) is 24.3 Å². The van der Waals surface area contributed by atoms with Crippen molar-refractivity contribution in [3.63, 3.8) is 0 Å². The molecule has 0 fully saturated rings. The van der Waals surface area contributed by atoms with Crippen molar-refractivity contribution in [2.75, 3.05) is 0 Å². The molecular weight excluding hydrogens is 198 g/mol. The lowest BCUT2D eigenvalue weighted by Crippen LogP contribution is -2.37. The highest BCUT2D eigenvalue weighted by molar-refractivity contribution is 5.75. The van der Waals surface area contributed by atoms with E-state index in [1.54, 1.807) is 0 Å². The van der Waals surface area contributed by atoms with Gasteiger partial charge in [-0.2, -0.15) is 0 Å². The highest BCUT2D eigenvalue weighted by Gasteiger charge is 2.16. The lowest BCUT2D eigenvalue weighted by molar-refractivity contribution is 0.432. The minimum absolute atomic E-state index is 0.215. The number of imidazole rings is 1. The Kier molecular flexibility index (Phi) is 2.72. The van der Waals surface area contributed by atoms with Crippen molar-refractivity contribution in [2.24, 2.45) is 5.73 Å². The second-order valence-electron chi connectivity index (χ2n) is 4.95. The lowest BCUT2D eigenvalue weighted by atomic mass is 10.1. The Bertz CT molecular complexity index is 491. The summed E-state index contributed by atoms with van der Waals surface area (Å²) in [6.07, 6.45) is 0.935. The maximum Gasteiger partial charge on any atom is 0.109 e. The normalized spacial score (nSPS) is 12.2. The Morgan fingerprint density at radius 2 is 2.00 bits per heavy atom. The van der Waals surface area contributed by atoms with Gasteiger partial charge in [0.2, 0.25) is 0 Å². The second-order valence-corrected chi connectivity index (χ2v) is 4.95. The predicted octanol–water partition coefficient (Wildman–Crippen LogP) is 2.34. The molecule has 2 rings (SSSR count). The molecule has 0 radical (unpaired) electrons. The van der Waals surface area contributed by atoms with Crippen LogP contribution in [0.3, 0.4) is 0 Å². The molecule has 0 bridgehead atoms. The third kappa shape index (κ3) is 2.09. The van der Waals surface area contributed by atoms with E-state index >= 15 is 0 Å². The van der Waals surface area contributed by atoms with Gasteiger partial charge in [-0.1, -0.05) is 19.1 Å². The Morgan fingerprint density at radius 1 is 1.31 bits per heavy atom. The Morgan fingerprint density at radius 3 is 2.62 bits per heavy atom. The van der Waals surface area contributed by atoms with Gasteiger partial charge in [-0.25, -0.2) is 4.98 Å². The molecule has 0 unspecified atom stereocenters. The van der Waals surface area contributed by atoms with Crippen LogP contribution >= 0.6 is 0 Å². The van der Waals surface area contributed by atoms with Crippen LogP contribution in [0.2, 0.25) is 0 Å². The van der Waals surface area contributed by atoms with Crippen LogP contribution in [0.25, 0.3) is 11.0 Å². The molecule has 0 amide bonds. The van der Waals surface area contributed by atoms with Crippen molar-refractivity contribution in [3.05, 3.63) is 30.1 Å². The van der Waals surface area contributed by atoms with E-state index in [-0.39, 0.29) is 5.54 Å². The average molecular weight is 217 g/mol. The van der Waals surface area contributed by atoms with Crippen molar-refractivity contribution in [2.45, 2.75) is 39.3 Å². The molecule has 0 spiro atoms. The minimum atomic E-state index is -0.215. The molecule has 0 saturated heterocycles. The number of hydrogen-bond acceptors (Lipinski definition) is 2. The van der Waals surface area contributed by atoms with Crippen LogP contribution in [0.5, 0.6) is 0 Å². The number of benzene rings is 1. The van der Waals surface area contributed by atoms with Crippen molar-refractivity contribution < 1.29 is 0 Å². The molecule has 1 aromatic heterocycles. The van der Waals surface area contributed by atoms with Crippen LogP contribution in [0, 0.1) is 0 Å². The molecule has 0 aliphatic carbocycles. The highest BCUT2D eigenvalue weighted by atomic mass is 15.1. The summed E-state index contributed by atoms with van der Waals surface area (Å²) in [7, 11) is 0. The smallest absolute Gasteiger partial charge is 0.109 e. The van der Waals surface area contributed by atoms with Gasteiger partial charge in [0.25, 0.3) is 0 Å². The highest BCUT2D eigenvalue weighted by Crippen LogP contribution is 2.18. The Balaban J connectivity index is 2.56. The van der Waals surface area contributed by atoms with Gasteiger partial charge in [0.05, 0.1) is 11.0 Å². The fraction of sp³-hybridized carbons (Fsp3) is 0.462. The van der Waals surface area contributed by atoms with E-state index < -0.39 is 0 Å². The largest absolute Gasteiger partial charge is 0.326 e. The molecule has 0 aliphatic rings. The second kappa shape index (κ2) is 3.91. The molecule has 0 aliphatic heterocycles. The Hall–Kier alpha value is -1.35. The zero-order valence-electron chi connectivity index (χ0n) is 10.2. The van der Waals surface area contributed by atoms with Crippen molar-refractivity contribution in [1.29, 1.82) is 0 Å². The minimum Gasteiger partial charge on any atom is -0.326 e. The molecule has 16 heavy (non-hydrogen) atoms. The zero-order chi connectivity index (χ0) is 11.8. The van der Waals surface area contributed by atoms with Crippen LogP contribution in [-0.4, -0.2) is 15.1 Å². The maximum atomic E-state index is 6.09. The molecule has 0 saturated carbocycles. The number of para-hydroxylation sites is 2. The predicted molar refractivity (Wildman–Crippen MR) is 67.4 cm³/mol. The van der Waals surface area contributed by atoms with E-state index in [9.17, 15) is 0 Å². The zero-order valence-corrected chi connectivity index (χ0v) is 10.2. The first kappa shape index (κ1) is 11.1. The standard InChI is InChI=1S/C13H19N3/c1-4-12-15-10-7-5-6-8-11(10)16(12)9-13(2,3)14/h5-8H,4,9,14H2,1-3H3. The Labute approximate surface area is 96.3 Å². The van der Waals surface area contributed by atoms with Gasteiger partial charge >= 0.3 is 0 Å². The van der Waals surface area contributed by atoms with E-state index in [0.29, 0.717) is 0 Å². The number of nitrogens with two attached hydrogens (primary N) is 1. The SMILES string of the molecule is CCc1nc2ccccc2n1CC(C)(C)N. The summed E-state index contributed by atoms with van der Waals surface area (Å²) in [6, 6.07) is 8.22. The van der Waals surface area contributed by atoms with Gasteiger partial charge in [-0.15, -0.1) is 0 Å². The molecule has 0 atom stereocenters. The van der Waals surface area contributed by atoms with Gasteiger partial charge in [0.1, 0.15) is 5.82 Å². The lowest BCUT2D eigenvalue weighted by Gasteiger charge is -2.21. The number of aromatic nitrogens is 2. The fourth-order valence-electron chi connectivity index (χ4n) is 1.98. The average Bonchev–Trinajstić information content (AvgIpc) is 2.55. The number of nitrogens with zero attached hydrogens (tertiary/aromatic N) is 2. The van der Waals surface area contributed by atoms with E-state index in [1.807, 2.05) is 26.0 Å². The van der Waals surface area contributed by atoms with E-state index in [2.05, 4.69) is 28.6 Å². The molecule has 1 heterocycles. The van der Waals surface area contributed by atoms with Gasteiger partial charge in [0, 0.05) is 18.5 Å². The third-order valence-electron chi connectivity index (χ3n) is 2.62. The van der Waals surface area contributed by atoms with E-state index in [4.69, 9.17) is 5.73 Å². The van der Waals surface area contributed by atoms with E-state index in [1.165, 1.54) is 5.52 Å². The monoisotopic (exact) mass is 217 g/mol. The number of rotatable bonds is 3.